The Morgan fingerprint density at radius 2 is 1.11 bits per heavy atom. The van der Waals surface area contributed by atoms with Gasteiger partial charge in [-0.25, -0.2) is 0 Å². The molecule has 0 saturated carbocycles. The minimum Gasteiger partial charge on any atom is -0.0622 e. The van der Waals surface area contributed by atoms with Gasteiger partial charge in [0.05, 0.1) is 0 Å². The third kappa shape index (κ3) is 2.23. The highest BCUT2D eigenvalue weighted by molar-refractivity contribution is 5.94. The number of fused-ring (bicyclic) bond motifs is 3. The number of hydrogen-bond acceptors (Lipinski definition) is 0. The number of hydrogen-bond donors (Lipinski definition) is 0. The standard InChI is InChI=1S/C27H22/c1-19-11-6-7-14-21(19)22-16-10-18-25-26(22)23-15-8-9-17-24(23)27(25,2)20-12-4-3-5-13-20/h3-18H,1-2H3. The van der Waals surface area contributed by atoms with E-state index in [-0.39, 0.29) is 5.41 Å². The monoisotopic (exact) mass is 346 g/mol. The molecule has 130 valence electrons. The van der Waals surface area contributed by atoms with Crippen molar-refractivity contribution in [3.05, 3.63) is 119 Å². The van der Waals surface area contributed by atoms with E-state index in [0.717, 1.165) is 0 Å². The van der Waals surface area contributed by atoms with Crippen LogP contribution in [-0.4, -0.2) is 0 Å². The average molecular weight is 346 g/mol. The summed E-state index contributed by atoms with van der Waals surface area (Å²) in [5, 5.41) is 0. The molecular formula is C27H22. The second kappa shape index (κ2) is 5.96. The summed E-state index contributed by atoms with van der Waals surface area (Å²) in [4.78, 5) is 0. The fourth-order valence-corrected chi connectivity index (χ4v) is 4.72. The van der Waals surface area contributed by atoms with Crippen molar-refractivity contribution in [1.82, 2.24) is 0 Å². The molecule has 5 rings (SSSR count). The number of benzene rings is 4. The van der Waals surface area contributed by atoms with Crippen molar-refractivity contribution < 1.29 is 0 Å². The van der Waals surface area contributed by atoms with Crippen LogP contribution in [0.2, 0.25) is 0 Å². The maximum atomic E-state index is 2.37. The Morgan fingerprint density at radius 3 is 1.89 bits per heavy atom. The van der Waals surface area contributed by atoms with Crippen LogP contribution in [0, 0.1) is 6.92 Å². The maximum absolute atomic E-state index is 2.37. The molecule has 0 bridgehead atoms. The third-order valence-electron chi connectivity index (χ3n) is 6.12. The first-order valence-electron chi connectivity index (χ1n) is 9.56. The van der Waals surface area contributed by atoms with Crippen LogP contribution in [0.25, 0.3) is 22.3 Å². The Kier molecular flexibility index (Phi) is 3.55. The summed E-state index contributed by atoms with van der Waals surface area (Å²) in [5.41, 5.74) is 10.7. The van der Waals surface area contributed by atoms with Crippen molar-refractivity contribution in [2.45, 2.75) is 19.3 Å². The molecule has 1 aliphatic rings. The molecule has 0 radical (unpaired) electrons. The molecule has 4 aromatic rings. The predicted molar refractivity (Wildman–Crippen MR) is 114 cm³/mol. The minimum atomic E-state index is -0.133. The van der Waals surface area contributed by atoms with E-state index in [1.54, 1.807) is 0 Å². The van der Waals surface area contributed by atoms with Crippen molar-refractivity contribution in [1.29, 1.82) is 0 Å². The highest BCUT2D eigenvalue weighted by Crippen LogP contribution is 2.55. The topological polar surface area (TPSA) is 0 Å². The highest BCUT2D eigenvalue weighted by atomic mass is 14.4. The molecule has 1 aliphatic carbocycles. The van der Waals surface area contributed by atoms with Gasteiger partial charge in [-0.1, -0.05) is 97.1 Å². The van der Waals surface area contributed by atoms with Gasteiger partial charge in [-0.2, -0.15) is 0 Å². The van der Waals surface area contributed by atoms with Gasteiger partial charge in [-0.3, -0.25) is 0 Å². The quantitative estimate of drug-likeness (QED) is 0.367. The molecule has 0 nitrogen and oxygen atoms in total. The number of aryl methyl sites for hydroxylation is 1. The molecule has 4 aromatic carbocycles. The Labute approximate surface area is 161 Å². The van der Waals surface area contributed by atoms with E-state index in [4.69, 9.17) is 0 Å². The first-order chi connectivity index (χ1) is 13.2. The zero-order valence-electron chi connectivity index (χ0n) is 15.7. The normalized spacial score (nSPS) is 17.4. The largest absolute Gasteiger partial charge is 0.0622 e. The molecule has 1 atom stereocenters. The molecule has 0 saturated heterocycles. The molecule has 0 fully saturated rings. The smallest absolute Gasteiger partial charge is 0.0435 e. The second-order valence-electron chi connectivity index (χ2n) is 7.58. The zero-order chi connectivity index (χ0) is 18.4. The Morgan fingerprint density at radius 1 is 0.519 bits per heavy atom. The van der Waals surface area contributed by atoms with Crippen LogP contribution in [0.5, 0.6) is 0 Å². The maximum Gasteiger partial charge on any atom is 0.0435 e. The average Bonchev–Trinajstić information content (AvgIpc) is 3.00. The Hall–Kier alpha value is -3.12. The van der Waals surface area contributed by atoms with Crippen LogP contribution in [-0.2, 0) is 5.41 Å². The van der Waals surface area contributed by atoms with Crippen LogP contribution in [0.1, 0.15) is 29.2 Å². The highest BCUT2D eigenvalue weighted by Gasteiger charge is 2.41. The lowest BCUT2D eigenvalue weighted by atomic mass is 9.74. The van der Waals surface area contributed by atoms with Gasteiger partial charge in [-0.15, -0.1) is 0 Å². The lowest BCUT2D eigenvalue weighted by Gasteiger charge is -2.28. The van der Waals surface area contributed by atoms with Gasteiger partial charge in [0.15, 0.2) is 0 Å². The van der Waals surface area contributed by atoms with E-state index in [9.17, 15) is 0 Å². The molecule has 0 amide bonds. The van der Waals surface area contributed by atoms with Gasteiger partial charge >= 0.3 is 0 Å². The summed E-state index contributed by atoms with van der Waals surface area (Å²) < 4.78 is 0. The molecule has 1 unspecified atom stereocenters. The van der Waals surface area contributed by atoms with Gasteiger partial charge in [0, 0.05) is 5.41 Å². The van der Waals surface area contributed by atoms with E-state index < -0.39 is 0 Å². The van der Waals surface area contributed by atoms with E-state index in [1.165, 1.54) is 44.5 Å². The van der Waals surface area contributed by atoms with E-state index in [0.29, 0.717) is 0 Å². The molecule has 0 heteroatoms. The lowest BCUT2D eigenvalue weighted by Crippen LogP contribution is -2.22. The molecule has 0 N–H and O–H groups in total. The van der Waals surface area contributed by atoms with Gasteiger partial charge in [0.1, 0.15) is 0 Å². The van der Waals surface area contributed by atoms with Gasteiger partial charge in [-0.05, 0) is 58.4 Å². The summed E-state index contributed by atoms with van der Waals surface area (Å²) in [7, 11) is 0. The van der Waals surface area contributed by atoms with Gasteiger partial charge in [0.2, 0.25) is 0 Å². The van der Waals surface area contributed by atoms with Crippen LogP contribution in [0.15, 0.2) is 97.1 Å². The summed E-state index contributed by atoms with van der Waals surface area (Å²) in [6.07, 6.45) is 0. The summed E-state index contributed by atoms with van der Waals surface area (Å²) >= 11 is 0. The molecule has 0 aromatic heterocycles. The summed E-state index contributed by atoms with van der Waals surface area (Å²) in [6.45, 7) is 4.57. The first-order valence-corrected chi connectivity index (χ1v) is 9.56. The van der Waals surface area contributed by atoms with Crippen molar-refractivity contribution >= 4 is 0 Å². The van der Waals surface area contributed by atoms with Crippen molar-refractivity contribution in [2.75, 3.05) is 0 Å². The fourth-order valence-electron chi connectivity index (χ4n) is 4.72. The van der Waals surface area contributed by atoms with Crippen LogP contribution in [0.4, 0.5) is 0 Å². The molecule has 0 aliphatic heterocycles. The predicted octanol–water partition coefficient (Wildman–Crippen LogP) is 7.00. The van der Waals surface area contributed by atoms with Gasteiger partial charge < -0.3 is 0 Å². The second-order valence-corrected chi connectivity index (χ2v) is 7.58. The van der Waals surface area contributed by atoms with Crippen LogP contribution >= 0.6 is 0 Å². The molecule has 27 heavy (non-hydrogen) atoms. The Balaban J connectivity index is 1.88. The minimum absolute atomic E-state index is 0.133. The van der Waals surface area contributed by atoms with Crippen LogP contribution < -0.4 is 0 Å². The number of rotatable bonds is 2. The van der Waals surface area contributed by atoms with Crippen molar-refractivity contribution in [2.24, 2.45) is 0 Å². The van der Waals surface area contributed by atoms with Crippen molar-refractivity contribution in [3.63, 3.8) is 0 Å². The Bertz CT molecular complexity index is 1140. The summed E-state index contributed by atoms with van der Waals surface area (Å²) in [6, 6.07) is 35.3. The third-order valence-corrected chi connectivity index (χ3v) is 6.12. The molecule has 0 heterocycles. The van der Waals surface area contributed by atoms with E-state index in [2.05, 4.69) is 111 Å². The van der Waals surface area contributed by atoms with Crippen molar-refractivity contribution in [3.8, 4) is 22.3 Å². The lowest BCUT2D eigenvalue weighted by molar-refractivity contribution is 0.714. The van der Waals surface area contributed by atoms with Gasteiger partial charge in [0.25, 0.3) is 0 Å². The SMILES string of the molecule is Cc1ccccc1-c1cccc2c1-c1ccccc1C2(C)c1ccccc1. The van der Waals surface area contributed by atoms with Crippen LogP contribution in [0.3, 0.4) is 0 Å². The first kappa shape index (κ1) is 16.1. The molecule has 0 spiro atoms. The van der Waals surface area contributed by atoms with E-state index >= 15 is 0 Å². The fraction of sp³-hybridized carbons (Fsp3) is 0.111. The van der Waals surface area contributed by atoms with E-state index in [1.807, 2.05) is 0 Å². The summed E-state index contributed by atoms with van der Waals surface area (Å²) in [5.74, 6) is 0. The molecular weight excluding hydrogens is 324 g/mol. The zero-order valence-corrected chi connectivity index (χ0v) is 15.7.